The van der Waals surface area contributed by atoms with E-state index in [1.54, 1.807) is 12.7 Å². The maximum Gasteiger partial charge on any atom is 2.00 e. The minimum absolute atomic E-state index is 0. The number of carbonyl (C=O) groups excluding carboxylic acids is 2. The summed E-state index contributed by atoms with van der Waals surface area (Å²) in [6.07, 6.45) is 8.75. The first-order chi connectivity index (χ1) is 13.3. The van der Waals surface area contributed by atoms with Gasteiger partial charge in [-0.3, -0.25) is 9.82 Å². The van der Waals surface area contributed by atoms with Gasteiger partial charge in [-0.05, 0) is 13.1 Å². The molecule has 6 N–H and O–H groups in total. The molecule has 0 aliphatic heterocycles. The summed E-state index contributed by atoms with van der Waals surface area (Å²) in [5.41, 5.74) is 39.6. The molecule has 2 heterocycles. The van der Waals surface area contributed by atoms with Crippen molar-refractivity contribution in [2.75, 3.05) is 13.1 Å². The van der Waals surface area contributed by atoms with E-state index in [2.05, 4.69) is 19.9 Å². The summed E-state index contributed by atoms with van der Waals surface area (Å²) < 4.78 is 0. The van der Waals surface area contributed by atoms with Crippen LogP contribution in [0.4, 0.5) is 0 Å². The number of hydrogen-bond donors (Lipinski definition) is 4. The van der Waals surface area contributed by atoms with Crippen molar-refractivity contribution in [3.63, 3.8) is 0 Å². The minimum Gasteiger partial charge on any atom is -0.543 e. The largest absolute Gasteiger partial charge is 2.00 e. The molecule has 0 aliphatic carbocycles. The van der Waals surface area contributed by atoms with Crippen LogP contribution >= 0.6 is 0 Å². The fraction of sp³-hybridized carbons (Fsp3) is 0.333. The molecule has 172 valence electrons. The van der Waals surface area contributed by atoms with Gasteiger partial charge < -0.3 is 63.4 Å². The van der Waals surface area contributed by atoms with E-state index >= 15 is 0 Å². The van der Waals surface area contributed by atoms with Gasteiger partial charge in [0, 0.05) is 25.2 Å². The molecule has 2 aromatic heterocycles. The summed E-state index contributed by atoms with van der Waals surface area (Å²) in [6.45, 7) is 1.34. The van der Waals surface area contributed by atoms with Crippen molar-refractivity contribution in [1.29, 1.82) is 0 Å². The Bertz CT molecular complexity index is 624. The van der Waals surface area contributed by atoms with E-state index in [0.717, 1.165) is 24.2 Å². The molecule has 0 aromatic carbocycles. The molecule has 2 aromatic rings. The number of nitrogens with two attached hydrogens (primary N) is 2. The molecular weight excluding hydrogens is 503 g/mol. The van der Waals surface area contributed by atoms with Crippen LogP contribution in [0.25, 0.3) is 31.9 Å². The summed E-state index contributed by atoms with van der Waals surface area (Å²) in [7, 11) is 0. The number of aromatic amines is 2. The Balaban J connectivity index is -0.0000000903. The van der Waals surface area contributed by atoms with Crippen molar-refractivity contribution >= 4 is 11.9 Å². The van der Waals surface area contributed by atoms with Crippen molar-refractivity contribution < 1.29 is 53.9 Å². The summed E-state index contributed by atoms with van der Waals surface area (Å²) in [6, 6.07) is 0. The van der Waals surface area contributed by atoms with E-state index in [-0.39, 0.29) is 34.1 Å². The number of H-pyrrole nitrogens is 2. The number of rotatable bonds is 4. The molecule has 0 saturated carbocycles. The second-order valence-electron chi connectivity index (χ2n) is 3.95. The third-order valence-electron chi connectivity index (χ3n) is 2.08. The number of carboxylic acids is 2. The number of hydrogen-bond acceptors (Lipinski definition) is 8. The zero-order chi connectivity index (χ0) is 22.2. The van der Waals surface area contributed by atoms with Gasteiger partial charge in [-0.2, -0.15) is 0 Å². The fourth-order valence-corrected chi connectivity index (χ4v) is 1.15. The Kier molecular flexibility index (Phi) is 38.5. The zero-order valence-electron chi connectivity index (χ0n) is 15.1. The number of imidazole rings is 2. The van der Waals surface area contributed by atoms with Gasteiger partial charge in [-0.15, -0.1) is 0 Å². The topological polar surface area (TPSA) is 307 Å². The Morgan fingerprint density at radius 3 is 1.23 bits per heavy atom. The molecule has 0 saturated heterocycles. The molecule has 0 spiro atoms. The first kappa shape index (κ1) is 37.7. The van der Waals surface area contributed by atoms with Crippen LogP contribution in [0.2, 0.25) is 0 Å². The average molecular weight is 521 g/mol. The van der Waals surface area contributed by atoms with Crippen LogP contribution in [-0.4, -0.2) is 45.0 Å². The summed E-state index contributed by atoms with van der Waals surface area (Å²) in [5.74, 6) is -4.37. The third-order valence-corrected chi connectivity index (χ3v) is 2.08. The van der Waals surface area contributed by atoms with E-state index in [1.807, 2.05) is 12.4 Å². The third kappa shape index (κ3) is 32.6. The molecule has 2 rings (SSSR count). The van der Waals surface area contributed by atoms with E-state index in [4.69, 9.17) is 53.4 Å². The summed E-state index contributed by atoms with van der Waals surface area (Å²) >= 11 is 0. The Hall–Kier alpha value is -3.06. The quantitative estimate of drug-likeness (QED) is 0.115. The van der Waals surface area contributed by atoms with E-state index in [9.17, 15) is 0 Å². The molecule has 16 nitrogen and oxygen atoms in total. The number of nitrogens with zero attached hydrogens (tertiary/aromatic N) is 8. The second-order valence-corrected chi connectivity index (χ2v) is 3.95. The molecule has 18 heteroatoms. The van der Waals surface area contributed by atoms with Crippen molar-refractivity contribution in [2.24, 2.45) is 11.5 Å². The zero-order valence-corrected chi connectivity index (χ0v) is 17.0. The van der Waals surface area contributed by atoms with Gasteiger partial charge in [0.2, 0.25) is 0 Å². The van der Waals surface area contributed by atoms with E-state index < -0.39 is 11.9 Å². The molecular formula is C12H18Cu2N12O4. The Morgan fingerprint density at radius 2 is 1.10 bits per heavy atom. The predicted octanol–water partition coefficient (Wildman–Crippen LogP) is -1.96. The van der Waals surface area contributed by atoms with Gasteiger partial charge in [0.25, 0.3) is 0 Å². The number of carboxylic acid groups (broad SMARTS) is 2. The van der Waals surface area contributed by atoms with Crippen molar-refractivity contribution in [2.45, 2.75) is 12.8 Å². The molecule has 2 radical (unpaired) electrons. The summed E-state index contributed by atoms with van der Waals surface area (Å²) in [5, 5.41) is 17.9. The van der Waals surface area contributed by atoms with Gasteiger partial charge in [0.1, 0.15) is 0 Å². The maximum absolute atomic E-state index is 8.93. The van der Waals surface area contributed by atoms with Crippen LogP contribution in [-0.2, 0) is 56.6 Å². The molecule has 0 aliphatic rings. The number of carbonyl (C=O) groups is 2. The SMILES string of the molecule is NCCc1c[nH]cn1.NCCc1c[nH]cn1.O=C([O-])C(=O)[O-].[Cu+2].[Cu+2].[N-]=[N+]=[N-].[N-]=[N+]=[N-]. The predicted molar refractivity (Wildman–Crippen MR) is 92.9 cm³/mol. The molecule has 0 atom stereocenters. The molecule has 0 fully saturated rings. The standard InChI is InChI=1S/2C5H9N3.C2H2O4.2Cu.2N3/c2*6-2-1-5-3-7-4-8-5;3-1(4)2(5)6;;;2*1-3-2/h2*3-4H,1-2,6H2,(H,7,8);(H,3,4)(H,5,6);;;;/q;;;2*+2;2*-1/p-2. The first-order valence-electron chi connectivity index (χ1n) is 7.09. The van der Waals surface area contributed by atoms with Crippen molar-refractivity contribution in [3.8, 4) is 0 Å². The van der Waals surface area contributed by atoms with Gasteiger partial charge >= 0.3 is 34.1 Å². The van der Waals surface area contributed by atoms with Crippen LogP contribution in [0, 0.1) is 0 Å². The van der Waals surface area contributed by atoms with Crippen LogP contribution in [0.1, 0.15) is 11.4 Å². The molecule has 0 amide bonds. The number of aromatic nitrogens is 4. The molecule has 0 bridgehead atoms. The van der Waals surface area contributed by atoms with Gasteiger partial charge in [0.15, 0.2) is 0 Å². The fourth-order valence-electron chi connectivity index (χ4n) is 1.15. The van der Waals surface area contributed by atoms with Gasteiger partial charge in [-0.25, -0.2) is 9.97 Å². The van der Waals surface area contributed by atoms with Gasteiger partial charge in [-0.1, -0.05) is 0 Å². The van der Waals surface area contributed by atoms with Gasteiger partial charge in [0.05, 0.1) is 36.0 Å². The van der Waals surface area contributed by atoms with Crippen molar-refractivity contribution in [1.82, 2.24) is 19.9 Å². The Labute approximate surface area is 191 Å². The van der Waals surface area contributed by atoms with E-state index in [1.165, 1.54) is 9.82 Å². The summed E-state index contributed by atoms with van der Waals surface area (Å²) in [4.78, 5) is 34.5. The smallest absolute Gasteiger partial charge is 0.543 e. The Morgan fingerprint density at radius 1 is 0.833 bits per heavy atom. The maximum atomic E-state index is 8.93. The first-order valence-corrected chi connectivity index (χ1v) is 7.09. The molecule has 30 heavy (non-hydrogen) atoms. The van der Waals surface area contributed by atoms with Crippen LogP contribution in [0.5, 0.6) is 0 Å². The monoisotopic (exact) mass is 520 g/mol. The molecule has 0 unspecified atom stereocenters. The van der Waals surface area contributed by atoms with Crippen molar-refractivity contribution in [3.05, 3.63) is 68.4 Å². The average Bonchev–Trinajstić information content (AvgIpc) is 3.32. The van der Waals surface area contributed by atoms with E-state index in [0.29, 0.717) is 13.1 Å². The number of nitrogens with one attached hydrogen (secondary N) is 2. The minimum atomic E-state index is -2.19. The normalized spacial score (nSPS) is 7.13. The van der Waals surface area contributed by atoms with Crippen LogP contribution in [0.15, 0.2) is 25.0 Å². The van der Waals surface area contributed by atoms with Crippen LogP contribution in [0.3, 0.4) is 0 Å². The second kappa shape index (κ2) is 30.7. The van der Waals surface area contributed by atoms with Crippen LogP contribution < -0.4 is 21.7 Å². The number of aliphatic carboxylic acids is 2.